The van der Waals surface area contributed by atoms with E-state index in [-0.39, 0.29) is 11.9 Å². The molecule has 0 aromatic heterocycles. The largest absolute Gasteiger partial charge is 0.466 e. The van der Waals surface area contributed by atoms with Gasteiger partial charge in [0.15, 0.2) is 0 Å². The third kappa shape index (κ3) is 7.42. The zero-order valence-electron chi connectivity index (χ0n) is 15.9. The van der Waals surface area contributed by atoms with Crippen LogP contribution >= 0.6 is 0 Å². The number of esters is 3. The summed E-state index contributed by atoms with van der Waals surface area (Å²) in [6.45, 7) is 4.84. The van der Waals surface area contributed by atoms with E-state index in [2.05, 4.69) is 6.07 Å². The summed E-state index contributed by atoms with van der Waals surface area (Å²) in [5, 5.41) is 9.49. The van der Waals surface area contributed by atoms with Crippen LogP contribution in [0.1, 0.15) is 65.7 Å². The molecule has 0 bridgehead atoms. The summed E-state index contributed by atoms with van der Waals surface area (Å²) in [6, 6.07) is 2.22. The summed E-state index contributed by atoms with van der Waals surface area (Å²) in [4.78, 5) is 33.9. The van der Waals surface area contributed by atoms with Crippen LogP contribution in [0.5, 0.6) is 0 Å². The van der Waals surface area contributed by atoms with Crippen molar-refractivity contribution in [1.29, 1.82) is 5.26 Å². The Morgan fingerprint density at radius 3 is 2.19 bits per heavy atom. The average molecular weight is 367 g/mol. The maximum Gasteiger partial charge on any atom is 0.305 e. The maximum atomic E-state index is 11.3. The quantitative estimate of drug-likeness (QED) is 0.332. The van der Waals surface area contributed by atoms with Crippen molar-refractivity contribution < 1.29 is 28.6 Å². The molecule has 0 saturated heterocycles. The number of hydrogen-bond acceptors (Lipinski definition) is 7. The highest BCUT2D eigenvalue weighted by Gasteiger charge is 2.46. The highest BCUT2D eigenvalue weighted by Crippen LogP contribution is 2.39. The molecular weight excluding hydrogens is 338 g/mol. The first-order valence-electron chi connectivity index (χ1n) is 9.28. The molecular formula is C19H29NO6. The SMILES string of the molecule is CCOC(=O)CCCCCCC1C(OC(C)=O)CC(OC(C)=O)C1C#N. The number of ether oxygens (including phenoxy) is 3. The monoisotopic (exact) mass is 367 g/mol. The van der Waals surface area contributed by atoms with E-state index in [0.717, 1.165) is 25.7 Å². The van der Waals surface area contributed by atoms with Gasteiger partial charge in [-0.25, -0.2) is 0 Å². The van der Waals surface area contributed by atoms with Crippen LogP contribution < -0.4 is 0 Å². The normalized spacial score (nSPS) is 24.5. The second-order valence-corrected chi connectivity index (χ2v) is 6.61. The topological polar surface area (TPSA) is 103 Å². The summed E-state index contributed by atoms with van der Waals surface area (Å²) >= 11 is 0. The van der Waals surface area contributed by atoms with Crippen molar-refractivity contribution in [1.82, 2.24) is 0 Å². The Morgan fingerprint density at radius 2 is 1.62 bits per heavy atom. The third-order valence-corrected chi connectivity index (χ3v) is 4.56. The fourth-order valence-corrected chi connectivity index (χ4v) is 3.52. The lowest BCUT2D eigenvalue weighted by molar-refractivity contribution is -0.149. The van der Waals surface area contributed by atoms with Crippen LogP contribution in [0.2, 0.25) is 0 Å². The molecule has 1 fully saturated rings. The predicted molar refractivity (Wildman–Crippen MR) is 92.7 cm³/mol. The van der Waals surface area contributed by atoms with Crippen molar-refractivity contribution in [3.05, 3.63) is 0 Å². The van der Waals surface area contributed by atoms with Crippen LogP contribution in [-0.2, 0) is 28.6 Å². The fourth-order valence-electron chi connectivity index (χ4n) is 3.52. The standard InChI is InChI=1S/C19H29NO6/c1-4-24-19(23)10-8-6-5-7-9-15-16(12-20)18(26-14(3)22)11-17(15)25-13(2)21/h15-18H,4-11H2,1-3H3. The van der Waals surface area contributed by atoms with Crippen LogP contribution in [0.25, 0.3) is 0 Å². The molecule has 1 aliphatic rings. The van der Waals surface area contributed by atoms with E-state index in [9.17, 15) is 19.6 Å². The first-order valence-corrected chi connectivity index (χ1v) is 9.28. The smallest absolute Gasteiger partial charge is 0.305 e. The van der Waals surface area contributed by atoms with Crippen molar-refractivity contribution >= 4 is 17.9 Å². The number of hydrogen-bond donors (Lipinski definition) is 0. The van der Waals surface area contributed by atoms with Crippen LogP contribution in [0.4, 0.5) is 0 Å². The minimum atomic E-state index is -0.532. The van der Waals surface area contributed by atoms with Gasteiger partial charge in [-0.05, 0) is 19.8 Å². The molecule has 146 valence electrons. The van der Waals surface area contributed by atoms with E-state index in [4.69, 9.17) is 14.2 Å². The fraction of sp³-hybridized carbons (Fsp3) is 0.789. The van der Waals surface area contributed by atoms with Crippen molar-refractivity contribution in [2.45, 2.75) is 77.9 Å². The van der Waals surface area contributed by atoms with E-state index >= 15 is 0 Å². The molecule has 0 N–H and O–H groups in total. The molecule has 0 aromatic rings. The van der Waals surface area contributed by atoms with E-state index in [1.165, 1.54) is 13.8 Å². The number of rotatable bonds is 10. The maximum absolute atomic E-state index is 11.3. The average Bonchev–Trinajstić information content (AvgIpc) is 2.85. The molecule has 26 heavy (non-hydrogen) atoms. The lowest BCUT2D eigenvalue weighted by Crippen LogP contribution is -2.25. The van der Waals surface area contributed by atoms with Crippen LogP contribution in [0.3, 0.4) is 0 Å². The molecule has 7 heteroatoms. The molecule has 0 radical (unpaired) electrons. The first kappa shape index (κ1) is 21.9. The van der Waals surface area contributed by atoms with Gasteiger partial charge < -0.3 is 14.2 Å². The number of nitriles is 1. The van der Waals surface area contributed by atoms with Crippen LogP contribution in [0.15, 0.2) is 0 Å². The van der Waals surface area contributed by atoms with Gasteiger partial charge in [0.05, 0.1) is 18.6 Å². The van der Waals surface area contributed by atoms with Crippen molar-refractivity contribution in [3.63, 3.8) is 0 Å². The van der Waals surface area contributed by atoms with Crippen molar-refractivity contribution in [3.8, 4) is 6.07 Å². The van der Waals surface area contributed by atoms with E-state index in [0.29, 0.717) is 25.9 Å². The zero-order chi connectivity index (χ0) is 19.5. The Hall–Kier alpha value is -2.10. The van der Waals surface area contributed by atoms with Gasteiger partial charge in [-0.1, -0.05) is 19.3 Å². The molecule has 1 saturated carbocycles. The summed E-state index contributed by atoms with van der Waals surface area (Å²) in [5.41, 5.74) is 0. The molecule has 0 spiro atoms. The highest BCUT2D eigenvalue weighted by atomic mass is 16.6. The van der Waals surface area contributed by atoms with Crippen LogP contribution in [0, 0.1) is 23.2 Å². The number of unbranched alkanes of at least 4 members (excludes halogenated alkanes) is 3. The van der Waals surface area contributed by atoms with Gasteiger partial charge in [0.2, 0.25) is 0 Å². The van der Waals surface area contributed by atoms with Crippen molar-refractivity contribution in [2.24, 2.45) is 11.8 Å². The Balaban J connectivity index is 2.48. The molecule has 0 heterocycles. The zero-order valence-corrected chi connectivity index (χ0v) is 15.9. The third-order valence-electron chi connectivity index (χ3n) is 4.56. The Kier molecular flexibility index (Phi) is 9.71. The first-order chi connectivity index (χ1) is 12.4. The number of carbonyl (C=O) groups is 3. The summed E-state index contributed by atoms with van der Waals surface area (Å²) in [6.07, 6.45) is 4.01. The summed E-state index contributed by atoms with van der Waals surface area (Å²) in [7, 11) is 0. The predicted octanol–water partition coefficient (Wildman–Crippen LogP) is 2.91. The molecule has 1 aliphatic carbocycles. The molecule has 0 aliphatic heterocycles. The summed E-state index contributed by atoms with van der Waals surface area (Å²) < 4.78 is 15.5. The summed E-state index contributed by atoms with van der Waals surface area (Å²) in [5.74, 6) is -1.61. The van der Waals surface area contributed by atoms with Gasteiger partial charge in [-0.2, -0.15) is 5.26 Å². The molecule has 0 aromatic carbocycles. The van der Waals surface area contributed by atoms with Gasteiger partial charge in [0, 0.05) is 32.6 Å². The second kappa shape index (κ2) is 11.5. The van der Waals surface area contributed by atoms with Gasteiger partial charge in [-0.15, -0.1) is 0 Å². The highest BCUT2D eigenvalue weighted by molar-refractivity contribution is 5.69. The Morgan fingerprint density at radius 1 is 1.00 bits per heavy atom. The molecule has 1 rings (SSSR count). The van der Waals surface area contributed by atoms with Crippen molar-refractivity contribution in [2.75, 3.05) is 6.61 Å². The number of nitrogens with zero attached hydrogens (tertiary/aromatic N) is 1. The van der Waals surface area contributed by atoms with Gasteiger partial charge in [0.1, 0.15) is 12.2 Å². The van der Waals surface area contributed by atoms with Gasteiger partial charge in [0.25, 0.3) is 0 Å². The van der Waals surface area contributed by atoms with Gasteiger partial charge in [-0.3, -0.25) is 14.4 Å². The second-order valence-electron chi connectivity index (χ2n) is 6.61. The molecule has 4 atom stereocenters. The van der Waals surface area contributed by atoms with E-state index < -0.39 is 30.1 Å². The van der Waals surface area contributed by atoms with Gasteiger partial charge >= 0.3 is 17.9 Å². The number of carbonyl (C=O) groups excluding carboxylic acids is 3. The Bertz CT molecular complexity index is 527. The minimum Gasteiger partial charge on any atom is -0.466 e. The lowest BCUT2D eigenvalue weighted by atomic mass is 9.89. The minimum absolute atomic E-state index is 0.140. The Labute approximate surface area is 155 Å². The molecule has 4 unspecified atom stereocenters. The molecule has 0 amide bonds. The molecule has 7 nitrogen and oxygen atoms in total. The van der Waals surface area contributed by atoms with E-state index in [1.807, 2.05) is 0 Å². The lowest BCUT2D eigenvalue weighted by Gasteiger charge is -2.21. The van der Waals surface area contributed by atoms with Crippen LogP contribution in [-0.4, -0.2) is 36.7 Å². The van der Waals surface area contributed by atoms with E-state index in [1.54, 1.807) is 6.92 Å².